The van der Waals surface area contributed by atoms with Crippen LogP contribution < -0.4 is 5.73 Å². The standard InChI is InChI=1S/C13H13N5O/c1-8-4-2-3-5-9(8)6-11-16-13(19-18-11)10-7-15-17-12(10)14/h2-5,7H,6H2,1H3,(H3,14,15,17). The van der Waals surface area contributed by atoms with E-state index >= 15 is 0 Å². The van der Waals surface area contributed by atoms with E-state index in [1.54, 1.807) is 6.20 Å². The molecular formula is C13H13N5O. The van der Waals surface area contributed by atoms with E-state index in [4.69, 9.17) is 10.3 Å². The number of nitrogens with one attached hydrogen (secondary N) is 1. The Labute approximate surface area is 109 Å². The van der Waals surface area contributed by atoms with Gasteiger partial charge < -0.3 is 10.3 Å². The molecule has 1 aromatic carbocycles. The van der Waals surface area contributed by atoms with Crippen molar-refractivity contribution in [3.63, 3.8) is 0 Å². The molecule has 6 nitrogen and oxygen atoms in total. The van der Waals surface area contributed by atoms with E-state index in [2.05, 4.69) is 39.4 Å². The maximum absolute atomic E-state index is 5.71. The van der Waals surface area contributed by atoms with Crippen LogP contribution in [0.25, 0.3) is 11.5 Å². The Kier molecular flexibility index (Phi) is 2.75. The molecule has 0 aliphatic rings. The monoisotopic (exact) mass is 255 g/mol. The molecule has 19 heavy (non-hydrogen) atoms. The van der Waals surface area contributed by atoms with E-state index in [9.17, 15) is 0 Å². The Morgan fingerprint density at radius 2 is 2.16 bits per heavy atom. The number of aromatic nitrogens is 4. The number of nitrogens with zero attached hydrogens (tertiary/aromatic N) is 3. The third-order valence-corrected chi connectivity index (χ3v) is 2.98. The normalized spacial score (nSPS) is 10.8. The van der Waals surface area contributed by atoms with Gasteiger partial charge in [0.25, 0.3) is 5.89 Å². The summed E-state index contributed by atoms with van der Waals surface area (Å²) >= 11 is 0. The van der Waals surface area contributed by atoms with Crippen LogP contribution in [0.15, 0.2) is 35.0 Å². The largest absolute Gasteiger partial charge is 0.383 e. The minimum Gasteiger partial charge on any atom is -0.383 e. The summed E-state index contributed by atoms with van der Waals surface area (Å²) in [5.41, 5.74) is 8.72. The lowest BCUT2D eigenvalue weighted by atomic mass is 10.1. The van der Waals surface area contributed by atoms with Crippen molar-refractivity contribution in [1.82, 2.24) is 20.3 Å². The van der Waals surface area contributed by atoms with Crippen molar-refractivity contribution in [2.24, 2.45) is 0 Å². The Morgan fingerprint density at radius 1 is 1.32 bits per heavy atom. The Balaban J connectivity index is 1.87. The molecule has 6 heteroatoms. The van der Waals surface area contributed by atoms with Crippen molar-refractivity contribution in [2.75, 3.05) is 5.73 Å². The van der Waals surface area contributed by atoms with Gasteiger partial charge in [-0.3, -0.25) is 5.10 Å². The maximum Gasteiger partial charge on any atom is 0.263 e. The van der Waals surface area contributed by atoms with Gasteiger partial charge in [0.05, 0.1) is 6.20 Å². The molecule has 3 rings (SSSR count). The van der Waals surface area contributed by atoms with Crippen LogP contribution >= 0.6 is 0 Å². The van der Waals surface area contributed by atoms with Gasteiger partial charge in [0, 0.05) is 6.42 Å². The molecule has 0 spiro atoms. The first-order valence-electron chi connectivity index (χ1n) is 5.90. The molecule has 0 radical (unpaired) electrons. The minimum absolute atomic E-state index is 0.384. The minimum atomic E-state index is 0.384. The Hall–Kier alpha value is -2.63. The van der Waals surface area contributed by atoms with Crippen LogP contribution in [0.3, 0.4) is 0 Å². The van der Waals surface area contributed by atoms with Crippen LogP contribution in [0.5, 0.6) is 0 Å². The summed E-state index contributed by atoms with van der Waals surface area (Å²) in [6, 6.07) is 8.12. The zero-order chi connectivity index (χ0) is 13.2. The van der Waals surface area contributed by atoms with Crippen LogP contribution in [-0.4, -0.2) is 20.3 Å². The van der Waals surface area contributed by atoms with Crippen LogP contribution in [0.1, 0.15) is 17.0 Å². The number of aryl methyl sites for hydroxylation is 1. The molecule has 0 atom stereocenters. The second kappa shape index (κ2) is 4.56. The van der Waals surface area contributed by atoms with Crippen molar-refractivity contribution >= 4 is 5.82 Å². The molecule has 0 aliphatic heterocycles. The van der Waals surface area contributed by atoms with E-state index in [0.29, 0.717) is 29.5 Å². The van der Waals surface area contributed by atoms with Gasteiger partial charge in [-0.25, -0.2) is 0 Å². The zero-order valence-corrected chi connectivity index (χ0v) is 10.4. The van der Waals surface area contributed by atoms with Crippen molar-refractivity contribution in [3.05, 3.63) is 47.4 Å². The number of nitrogens with two attached hydrogens (primary N) is 1. The number of rotatable bonds is 3. The smallest absolute Gasteiger partial charge is 0.263 e. The number of benzene rings is 1. The fourth-order valence-electron chi connectivity index (χ4n) is 1.88. The number of hydrogen-bond donors (Lipinski definition) is 2. The van der Waals surface area contributed by atoms with E-state index in [-0.39, 0.29) is 0 Å². The summed E-state index contributed by atoms with van der Waals surface area (Å²) in [7, 11) is 0. The molecule has 2 heterocycles. The molecule has 3 aromatic rings. The third kappa shape index (κ3) is 2.20. The number of hydrogen-bond acceptors (Lipinski definition) is 5. The highest BCUT2D eigenvalue weighted by molar-refractivity contribution is 5.65. The lowest BCUT2D eigenvalue weighted by molar-refractivity contribution is 0.424. The van der Waals surface area contributed by atoms with Crippen LogP contribution in [0.4, 0.5) is 5.82 Å². The Morgan fingerprint density at radius 3 is 2.89 bits per heavy atom. The van der Waals surface area contributed by atoms with Crippen molar-refractivity contribution in [3.8, 4) is 11.5 Å². The van der Waals surface area contributed by atoms with Crippen LogP contribution in [-0.2, 0) is 6.42 Å². The van der Waals surface area contributed by atoms with E-state index in [1.807, 2.05) is 12.1 Å². The second-order valence-electron chi connectivity index (χ2n) is 4.32. The van der Waals surface area contributed by atoms with Gasteiger partial charge in [-0.15, -0.1) is 0 Å². The van der Waals surface area contributed by atoms with Crippen LogP contribution in [0.2, 0.25) is 0 Å². The molecular weight excluding hydrogens is 242 g/mol. The van der Waals surface area contributed by atoms with Gasteiger partial charge in [0.2, 0.25) is 0 Å². The number of aromatic amines is 1. The number of nitrogen functional groups attached to an aromatic ring is 1. The van der Waals surface area contributed by atoms with Gasteiger partial charge >= 0.3 is 0 Å². The van der Waals surface area contributed by atoms with Gasteiger partial charge in [-0.05, 0) is 18.1 Å². The van der Waals surface area contributed by atoms with Crippen molar-refractivity contribution in [2.45, 2.75) is 13.3 Å². The first kappa shape index (κ1) is 11.5. The summed E-state index contributed by atoms with van der Waals surface area (Å²) in [6.45, 7) is 2.06. The van der Waals surface area contributed by atoms with E-state index in [0.717, 1.165) is 0 Å². The third-order valence-electron chi connectivity index (χ3n) is 2.98. The SMILES string of the molecule is Cc1ccccc1Cc1noc(-c2cn[nH]c2N)n1. The lowest BCUT2D eigenvalue weighted by Crippen LogP contribution is -1.93. The van der Waals surface area contributed by atoms with Gasteiger partial charge in [-0.2, -0.15) is 10.1 Å². The van der Waals surface area contributed by atoms with E-state index < -0.39 is 0 Å². The first-order valence-corrected chi connectivity index (χ1v) is 5.90. The molecule has 96 valence electrons. The second-order valence-corrected chi connectivity index (χ2v) is 4.32. The molecule has 0 bridgehead atoms. The zero-order valence-electron chi connectivity index (χ0n) is 10.4. The topological polar surface area (TPSA) is 93.6 Å². The lowest BCUT2D eigenvalue weighted by Gasteiger charge is -2.00. The molecule has 0 saturated heterocycles. The average molecular weight is 255 g/mol. The molecule has 0 saturated carbocycles. The molecule has 0 amide bonds. The molecule has 3 N–H and O–H groups in total. The van der Waals surface area contributed by atoms with E-state index in [1.165, 1.54) is 11.1 Å². The highest BCUT2D eigenvalue weighted by Crippen LogP contribution is 2.22. The predicted molar refractivity (Wildman–Crippen MR) is 70.3 cm³/mol. The first-order chi connectivity index (χ1) is 9.24. The van der Waals surface area contributed by atoms with Crippen LogP contribution in [0, 0.1) is 6.92 Å². The highest BCUT2D eigenvalue weighted by atomic mass is 16.5. The predicted octanol–water partition coefficient (Wildman–Crippen LogP) is 1.94. The number of H-pyrrole nitrogens is 1. The maximum atomic E-state index is 5.71. The molecule has 2 aromatic heterocycles. The fourth-order valence-corrected chi connectivity index (χ4v) is 1.88. The van der Waals surface area contributed by atoms with Crippen molar-refractivity contribution < 1.29 is 4.52 Å². The molecule has 0 fully saturated rings. The summed E-state index contributed by atoms with van der Waals surface area (Å²) in [4.78, 5) is 4.33. The number of anilines is 1. The highest BCUT2D eigenvalue weighted by Gasteiger charge is 2.13. The Bertz CT molecular complexity index is 700. The van der Waals surface area contributed by atoms with Gasteiger partial charge in [-0.1, -0.05) is 29.4 Å². The average Bonchev–Trinajstić information content (AvgIpc) is 3.01. The summed E-state index contributed by atoms with van der Waals surface area (Å²) < 4.78 is 5.20. The summed E-state index contributed by atoms with van der Waals surface area (Å²) in [6.07, 6.45) is 2.20. The molecule has 0 aliphatic carbocycles. The van der Waals surface area contributed by atoms with Gasteiger partial charge in [0.1, 0.15) is 11.4 Å². The quantitative estimate of drug-likeness (QED) is 0.746. The summed E-state index contributed by atoms with van der Waals surface area (Å²) in [5.74, 6) is 1.44. The molecule has 0 unspecified atom stereocenters. The fraction of sp³-hybridized carbons (Fsp3) is 0.154. The van der Waals surface area contributed by atoms with Crippen molar-refractivity contribution in [1.29, 1.82) is 0 Å². The van der Waals surface area contributed by atoms with Gasteiger partial charge in [0.15, 0.2) is 5.82 Å². The summed E-state index contributed by atoms with van der Waals surface area (Å²) in [5, 5.41) is 10.4.